The lowest BCUT2D eigenvalue weighted by molar-refractivity contribution is 0.0428. The van der Waals surface area contributed by atoms with Crippen LogP contribution in [0.5, 0.6) is 0 Å². The van der Waals surface area contributed by atoms with Crippen molar-refractivity contribution in [2.24, 2.45) is 5.92 Å². The highest BCUT2D eigenvalue weighted by Gasteiger charge is 2.17. The monoisotopic (exact) mass is 494 g/mol. The Morgan fingerprint density at radius 2 is 1.61 bits per heavy atom. The first-order valence-corrected chi connectivity index (χ1v) is 12.5. The maximum atomic E-state index is 12.6. The van der Waals surface area contributed by atoms with E-state index in [4.69, 9.17) is 9.84 Å². The first-order chi connectivity index (χ1) is 17.3. The molecule has 0 amide bonds. The Morgan fingerprint density at radius 3 is 2.11 bits per heavy atom. The van der Waals surface area contributed by atoms with Gasteiger partial charge in [0.2, 0.25) is 0 Å². The van der Waals surface area contributed by atoms with Crippen molar-refractivity contribution in [1.29, 1.82) is 0 Å². The molecule has 0 spiro atoms. The molecule has 0 saturated heterocycles. The summed E-state index contributed by atoms with van der Waals surface area (Å²) >= 11 is 0. The molecule has 6 heteroatoms. The predicted octanol–water partition coefficient (Wildman–Crippen LogP) is 6.69. The van der Waals surface area contributed by atoms with Crippen LogP contribution in [0.3, 0.4) is 0 Å². The van der Waals surface area contributed by atoms with Crippen molar-refractivity contribution in [3.05, 3.63) is 85.0 Å². The Balaban J connectivity index is 0.000000450. The van der Waals surface area contributed by atoms with Gasteiger partial charge in [-0.25, -0.2) is 9.59 Å². The Morgan fingerprint density at radius 1 is 1.00 bits per heavy atom. The van der Waals surface area contributed by atoms with Crippen LogP contribution in [0, 0.1) is 5.92 Å². The summed E-state index contributed by atoms with van der Waals surface area (Å²) in [5, 5.41) is 8.60. The number of unbranched alkanes of at least 4 members (excludes halogenated alkanes) is 1. The van der Waals surface area contributed by atoms with Crippen LogP contribution in [0.4, 0.5) is 11.4 Å². The van der Waals surface area contributed by atoms with Crippen molar-refractivity contribution in [2.75, 3.05) is 43.6 Å². The van der Waals surface area contributed by atoms with E-state index in [1.807, 2.05) is 55.4 Å². The second kappa shape index (κ2) is 17.0. The van der Waals surface area contributed by atoms with Crippen molar-refractivity contribution in [3.8, 4) is 0 Å². The number of hydrogen-bond acceptors (Lipinski definition) is 5. The Hall–Kier alpha value is -3.54. The Labute approximate surface area is 216 Å². The number of aromatic carboxylic acids is 1. The summed E-state index contributed by atoms with van der Waals surface area (Å²) in [6.45, 7) is 13.7. The van der Waals surface area contributed by atoms with Crippen LogP contribution in [-0.2, 0) is 4.74 Å². The number of nitrogens with zero attached hydrogens (tertiary/aromatic N) is 2. The van der Waals surface area contributed by atoms with Gasteiger partial charge in [0.1, 0.15) is 0 Å². The third-order valence-electron chi connectivity index (χ3n) is 5.79. The molecule has 0 aliphatic heterocycles. The number of anilines is 2. The van der Waals surface area contributed by atoms with E-state index in [0.717, 1.165) is 24.2 Å². The zero-order valence-electron chi connectivity index (χ0n) is 22.3. The topological polar surface area (TPSA) is 70.1 Å². The highest BCUT2D eigenvalue weighted by molar-refractivity contribution is 5.96. The van der Waals surface area contributed by atoms with Crippen molar-refractivity contribution < 1.29 is 19.4 Å². The molecule has 0 saturated carbocycles. The van der Waals surface area contributed by atoms with Crippen LogP contribution in [0.2, 0.25) is 0 Å². The predicted molar refractivity (Wildman–Crippen MR) is 150 cm³/mol. The Bertz CT molecular complexity index is 944. The number of carboxylic acids is 1. The van der Waals surface area contributed by atoms with Gasteiger partial charge in [-0.1, -0.05) is 57.4 Å². The summed E-state index contributed by atoms with van der Waals surface area (Å²) in [7, 11) is 3.82. The molecule has 2 aromatic carbocycles. The zero-order valence-corrected chi connectivity index (χ0v) is 22.3. The van der Waals surface area contributed by atoms with Crippen LogP contribution in [-0.4, -0.2) is 50.8 Å². The summed E-state index contributed by atoms with van der Waals surface area (Å²) in [6.07, 6.45) is 8.15. The summed E-state index contributed by atoms with van der Waals surface area (Å²) in [4.78, 5) is 27.0. The van der Waals surface area contributed by atoms with Gasteiger partial charge in [0.25, 0.3) is 0 Å². The van der Waals surface area contributed by atoms with Crippen LogP contribution < -0.4 is 9.80 Å². The molecule has 0 radical (unpaired) electrons. The van der Waals surface area contributed by atoms with Gasteiger partial charge in [0.05, 0.1) is 23.4 Å². The molecule has 0 bridgehead atoms. The third kappa shape index (κ3) is 10.4. The standard InChI is InChI=1S/C21H31NO2.C9H11NO2/c1-5-9-12-18(8-4)17-24-21(23)19-13-10-11-14-20(19)22(15-6-2)16-7-3;1-10(2)8-5-3-7(4-6-8)9(11)12/h6-7,10-11,13-14,18H,2-3,5,8-9,12,15-17H2,1,4H3;3-6H,1-2H3,(H,11,12). The fourth-order valence-electron chi connectivity index (χ4n) is 3.58. The number of esters is 1. The molecular formula is C30H42N2O4. The lowest BCUT2D eigenvalue weighted by Crippen LogP contribution is -2.26. The first-order valence-electron chi connectivity index (χ1n) is 12.5. The van der Waals surface area contributed by atoms with E-state index in [0.29, 0.717) is 36.7 Å². The minimum absolute atomic E-state index is 0.251. The van der Waals surface area contributed by atoms with Gasteiger partial charge in [-0.05, 0) is 48.7 Å². The molecule has 0 aliphatic carbocycles. The molecule has 0 fully saturated rings. The quantitative estimate of drug-likeness (QED) is 0.233. The lowest BCUT2D eigenvalue weighted by Gasteiger charge is -2.24. The first kappa shape index (κ1) is 30.5. The third-order valence-corrected chi connectivity index (χ3v) is 5.79. The molecule has 1 unspecified atom stereocenters. The summed E-state index contributed by atoms with van der Waals surface area (Å²) in [6, 6.07) is 14.3. The second-order valence-electron chi connectivity index (χ2n) is 8.76. The van der Waals surface area contributed by atoms with Crippen LogP contribution >= 0.6 is 0 Å². The SMILES string of the molecule is C=CCN(CC=C)c1ccccc1C(=O)OCC(CC)CCCC.CN(C)c1ccc(C(=O)O)cc1. The number of benzene rings is 2. The van der Waals surface area contributed by atoms with Crippen molar-refractivity contribution in [2.45, 2.75) is 39.5 Å². The average molecular weight is 495 g/mol. The van der Waals surface area contributed by atoms with E-state index >= 15 is 0 Å². The number of carbonyl (C=O) groups excluding carboxylic acids is 1. The maximum Gasteiger partial charge on any atom is 0.340 e. The van der Waals surface area contributed by atoms with Gasteiger partial charge in [0, 0.05) is 32.9 Å². The van der Waals surface area contributed by atoms with E-state index in [1.165, 1.54) is 12.8 Å². The molecule has 0 aromatic heterocycles. The fourth-order valence-corrected chi connectivity index (χ4v) is 3.58. The van der Waals surface area contributed by atoms with E-state index in [-0.39, 0.29) is 5.97 Å². The lowest BCUT2D eigenvalue weighted by atomic mass is 10.0. The molecule has 36 heavy (non-hydrogen) atoms. The molecular weight excluding hydrogens is 452 g/mol. The number of ether oxygens (including phenoxy) is 1. The van der Waals surface area contributed by atoms with Crippen molar-refractivity contribution in [1.82, 2.24) is 0 Å². The fraction of sp³-hybridized carbons (Fsp3) is 0.400. The van der Waals surface area contributed by atoms with Crippen LogP contribution in [0.25, 0.3) is 0 Å². The zero-order chi connectivity index (χ0) is 26.9. The van der Waals surface area contributed by atoms with Crippen molar-refractivity contribution >= 4 is 23.3 Å². The highest BCUT2D eigenvalue weighted by atomic mass is 16.5. The molecule has 0 heterocycles. The van der Waals surface area contributed by atoms with E-state index < -0.39 is 5.97 Å². The highest BCUT2D eigenvalue weighted by Crippen LogP contribution is 2.22. The smallest absolute Gasteiger partial charge is 0.340 e. The summed E-state index contributed by atoms with van der Waals surface area (Å²) in [5.74, 6) is -0.697. The van der Waals surface area contributed by atoms with Gasteiger partial charge in [-0.15, -0.1) is 13.2 Å². The largest absolute Gasteiger partial charge is 0.478 e. The molecule has 6 nitrogen and oxygen atoms in total. The number of carboxylic acid groups (broad SMARTS) is 1. The summed E-state index contributed by atoms with van der Waals surface area (Å²) in [5.41, 5.74) is 2.79. The van der Waals surface area contributed by atoms with E-state index in [1.54, 1.807) is 24.3 Å². The molecule has 2 aromatic rings. The average Bonchev–Trinajstić information content (AvgIpc) is 2.89. The minimum Gasteiger partial charge on any atom is -0.478 e. The molecule has 1 atom stereocenters. The summed E-state index contributed by atoms with van der Waals surface area (Å²) < 4.78 is 5.61. The number of rotatable bonds is 14. The van der Waals surface area contributed by atoms with Gasteiger partial charge in [0.15, 0.2) is 0 Å². The molecule has 1 N–H and O–H groups in total. The van der Waals surface area contributed by atoms with Crippen LogP contribution in [0.15, 0.2) is 73.8 Å². The van der Waals surface area contributed by atoms with Gasteiger partial charge in [-0.2, -0.15) is 0 Å². The van der Waals surface area contributed by atoms with Gasteiger partial charge >= 0.3 is 11.9 Å². The molecule has 196 valence electrons. The number of carbonyl (C=O) groups is 2. The molecule has 2 rings (SSSR count). The minimum atomic E-state index is -0.889. The van der Waals surface area contributed by atoms with Gasteiger partial charge < -0.3 is 19.6 Å². The van der Waals surface area contributed by atoms with Gasteiger partial charge in [-0.3, -0.25) is 0 Å². The van der Waals surface area contributed by atoms with Crippen molar-refractivity contribution in [3.63, 3.8) is 0 Å². The van der Waals surface area contributed by atoms with E-state index in [9.17, 15) is 9.59 Å². The van der Waals surface area contributed by atoms with E-state index in [2.05, 4.69) is 31.9 Å². The Kier molecular flexibility index (Phi) is 14.4. The molecule has 0 aliphatic rings. The second-order valence-corrected chi connectivity index (χ2v) is 8.76. The van der Waals surface area contributed by atoms with Crippen LogP contribution in [0.1, 0.15) is 60.2 Å². The normalized spacial score (nSPS) is 10.9. The number of hydrogen-bond donors (Lipinski definition) is 1. The number of para-hydroxylation sites is 1. The maximum absolute atomic E-state index is 12.6.